The largest absolute Gasteiger partial charge is 0.481 e. The van der Waals surface area contributed by atoms with Crippen LogP contribution in [-0.4, -0.2) is 25.1 Å². The van der Waals surface area contributed by atoms with Gasteiger partial charge in [-0.05, 0) is 77.4 Å². The SMILES string of the molecule is CNCc1cc(Br)c(OCC(=O)NC(C)(C)C)c(Br)c1. The summed E-state index contributed by atoms with van der Waals surface area (Å²) in [6.07, 6.45) is 0. The number of nitrogens with one attached hydrogen (secondary N) is 2. The van der Waals surface area contributed by atoms with Crippen LogP contribution in [-0.2, 0) is 11.3 Å². The molecule has 1 aromatic carbocycles. The van der Waals surface area contributed by atoms with Crippen LogP contribution in [0.1, 0.15) is 26.3 Å². The first kappa shape index (κ1) is 17.5. The molecule has 20 heavy (non-hydrogen) atoms. The number of carbonyl (C=O) groups is 1. The van der Waals surface area contributed by atoms with E-state index < -0.39 is 0 Å². The maximum atomic E-state index is 11.7. The van der Waals surface area contributed by atoms with Crippen LogP contribution in [0, 0.1) is 0 Å². The van der Waals surface area contributed by atoms with Gasteiger partial charge >= 0.3 is 0 Å². The standard InChI is InChI=1S/C14H20Br2N2O2/c1-14(2,3)18-12(19)8-20-13-10(15)5-9(7-17-4)6-11(13)16/h5-6,17H,7-8H2,1-4H3,(H,18,19). The van der Waals surface area contributed by atoms with Crippen molar-refractivity contribution in [1.82, 2.24) is 10.6 Å². The molecule has 0 atom stereocenters. The van der Waals surface area contributed by atoms with E-state index in [9.17, 15) is 4.79 Å². The van der Waals surface area contributed by atoms with Gasteiger partial charge in [0.1, 0.15) is 5.75 Å². The van der Waals surface area contributed by atoms with Crippen molar-refractivity contribution in [3.63, 3.8) is 0 Å². The quantitative estimate of drug-likeness (QED) is 0.787. The zero-order valence-electron chi connectivity index (χ0n) is 12.1. The molecule has 0 heterocycles. The molecule has 4 nitrogen and oxygen atoms in total. The smallest absolute Gasteiger partial charge is 0.258 e. The number of hydrogen-bond acceptors (Lipinski definition) is 3. The Kier molecular flexibility index (Phi) is 6.48. The highest BCUT2D eigenvalue weighted by atomic mass is 79.9. The van der Waals surface area contributed by atoms with Gasteiger partial charge in [-0.25, -0.2) is 0 Å². The molecule has 1 aromatic rings. The molecule has 0 radical (unpaired) electrons. The van der Waals surface area contributed by atoms with Crippen molar-refractivity contribution in [3.8, 4) is 5.75 Å². The van der Waals surface area contributed by atoms with E-state index in [1.54, 1.807) is 0 Å². The third-order valence-electron chi connectivity index (χ3n) is 2.30. The molecule has 6 heteroatoms. The first-order valence-corrected chi connectivity index (χ1v) is 7.88. The summed E-state index contributed by atoms with van der Waals surface area (Å²) in [5.74, 6) is 0.490. The zero-order chi connectivity index (χ0) is 15.3. The summed E-state index contributed by atoms with van der Waals surface area (Å²) < 4.78 is 7.22. The third kappa shape index (κ3) is 5.81. The summed E-state index contributed by atoms with van der Waals surface area (Å²) in [5.41, 5.74) is 0.865. The van der Waals surface area contributed by atoms with Crippen LogP contribution in [0.15, 0.2) is 21.1 Å². The first-order valence-electron chi connectivity index (χ1n) is 6.29. The van der Waals surface area contributed by atoms with Crippen LogP contribution in [0.5, 0.6) is 5.75 Å². The number of benzene rings is 1. The average Bonchev–Trinajstić information content (AvgIpc) is 2.25. The molecular formula is C14H20Br2N2O2. The van der Waals surface area contributed by atoms with Crippen molar-refractivity contribution in [2.24, 2.45) is 0 Å². The summed E-state index contributed by atoms with van der Waals surface area (Å²) in [7, 11) is 1.89. The zero-order valence-corrected chi connectivity index (χ0v) is 15.3. The number of amides is 1. The van der Waals surface area contributed by atoms with Gasteiger partial charge in [0.25, 0.3) is 5.91 Å². The van der Waals surface area contributed by atoms with Gasteiger partial charge in [0, 0.05) is 12.1 Å². The van der Waals surface area contributed by atoms with E-state index in [0.717, 1.165) is 21.1 Å². The molecule has 0 fully saturated rings. The Morgan fingerprint density at radius 3 is 2.25 bits per heavy atom. The fourth-order valence-electron chi connectivity index (χ4n) is 1.65. The first-order chi connectivity index (χ1) is 9.23. The van der Waals surface area contributed by atoms with Crippen LogP contribution >= 0.6 is 31.9 Å². The number of halogens is 2. The minimum Gasteiger partial charge on any atom is -0.481 e. The Balaban J connectivity index is 2.71. The van der Waals surface area contributed by atoms with E-state index >= 15 is 0 Å². The number of rotatable bonds is 5. The van der Waals surface area contributed by atoms with Gasteiger partial charge in [-0.3, -0.25) is 4.79 Å². The molecule has 0 saturated carbocycles. The highest BCUT2D eigenvalue weighted by Crippen LogP contribution is 2.34. The van der Waals surface area contributed by atoms with Crippen LogP contribution in [0.25, 0.3) is 0 Å². The summed E-state index contributed by atoms with van der Waals surface area (Å²) in [6.45, 7) is 6.55. The van der Waals surface area contributed by atoms with Crippen LogP contribution < -0.4 is 15.4 Å². The molecule has 1 amide bonds. The third-order valence-corrected chi connectivity index (χ3v) is 3.48. The van der Waals surface area contributed by atoms with E-state index in [1.165, 1.54) is 0 Å². The van der Waals surface area contributed by atoms with Gasteiger partial charge in [0.05, 0.1) is 8.95 Å². The van der Waals surface area contributed by atoms with Crippen LogP contribution in [0.3, 0.4) is 0 Å². The van der Waals surface area contributed by atoms with Crippen molar-refractivity contribution in [2.45, 2.75) is 32.9 Å². The number of ether oxygens (including phenoxy) is 1. The highest BCUT2D eigenvalue weighted by molar-refractivity contribution is 9.11. The fraction of sp³-hybridized carbons (Fsp3) is 0.500. The number of carbonyl (C=O) groups excluding carboxylic acids is 1. The summed E-state index contributed by atoms with van der Waals surface area (Å²) in [6, 6.07) is 3.94. The lowest BCUT2D eigenvalue weighted by molar-refractivity contribution is -0.124. The lowest BCUT2D eigenvalue weighted by Gasteiger charge is -2.21. The van der Waals surface area contributed by atoms with E-state index in [4.69, 9.17) is 4.74 Å². The molecule has 1 rings (SSSR count). The molecule has 0 aromatic heterocycles. The minimum atomic E-state index is -0.258. The Hall–Kier alpha value is -0.590. The summed E-state index contributed by atoms with van der Waals surface area (Å²) >= 11 is 6.93. The Labute approximate surface area is 136 Å². The minimum absolute atomic E-state index is 0.0140. The molecule has 0 spiro atoms. The maximum absolute atomic E-state index is 11.7. The lowest BCUT2D eigenvalue weighted by Crippen LogP contribution is -2.43. The monoisotopic (exact) mass is 406 g/mol. The van der Waals surface area contributed by atoms with Crippen LogP contribution in [0.4, 0.5) is 0 Å². The van der Waals surface area contributed by atoms with Crippen molar-refractivity contribution in [2.75, 3.05) is 13.7 Å². The van der Waals surface area contributed by atoms with Gasteiger partial charge in [-0.2, -0.15) is 0 Å². The Bertz CT molecular complexity index is 462. The fourth-order valence-corrected chi connectivity index (χ4v) is 3.16. The molecule has 0 unspecified atom stereocenters. The normalized spacial score (nSPS) is 11.3. The van der Waals surface area contributed by atoms with Crippen LogP contribution in [0.2, 0.25) is 0 Å². The van der Waals surface area contributed by atoms with Gasteiger partial charge in [0.15, 0.2) is 6.61 Å². The van der Waals surface area contributed by atoms with Gasteiger partial charge < -0.3 is 15.4 Å². The van der Waals surface area contributed by atoms with Crippen molar-refractivity contribution >= 4 is 37.8 Å². The maximum Gasteiger partial charge on any atom is 0.258 e. The molecule has 112 valence electrons. The second-order valence-electron chi connectivity index (χ2n) is 5.51. The summed E-state index contributed by atoms with van der Waals surface area (Å²) in [4.78, 5) is 11.7. The van der Waals surface area contributed by atoms with Crippen molar-refractivity contribution < 1.29 is 9.53 Å². The molecule has 0 saturated heterocycles. The average molecular weight is 408 g/mol. The highest BCUT2D eigenvalue weighted by Gasteiger charge is 2.15. The van der Waals surface area contributed by atoms with Gasteiger partial charge in [0.2, 0.25) is 0 Å². The Morgan fingerprint density at radius 2 is 1.80 bits per heavy atom. The second-order valence-corrected chi connectivity index (χ2v) is 7.21. The molecule has 0 aliphatic rings. The van der Waals surface area contributed by atoms with E-state index in [0.29, 0.717) is 5.75 Å². The van der Waals surface area contributed by atoms with E-state index in [1.807, 2.05) is 40.0 Å². The molecule has 2 N–H and O–H groups in total. The molecular weight excluding hydrogens is 388 g/mol. The van der Waals surface area contributed by atoms with Gasteiger partial charge in [-0.15, -0.1) is 0 Å². The number of hydrogen-bond donors (Lipinski definition) is 2. The predicted molar refractivity (Wildman–Crippen MR) is 88.0 cm³/mol. The lowest BCUT2D eigenvalue weighted by atomic mass is 10.1. The molecule has 0 bridgehead atoms. The predicted octanol–water partition coefficient (Wildman–Crippen LogP) is 3.22. The van der Waals surface area contributed by atoms with Crippen molar-refractivity contribution in [1.29, 1.82) is 0 Å². The van der Waals surface area contributed by atoms with E-state index in [2.05, 4.69) is 42.5 Å². The molecule has 0 aliphatic heterocycles. The van der Waals surface area contributed by atoms with E-state index in [-0.39, 0.29) is 18.1 Å². The second kappa shape index (κ2) is 7.43. The summed E-state index contributed by atoms with van der Waals surface area (Å²) in [5, 5.41) is 5.94. The van der Waals surface area contributed by atoms with Gasteiger partial charge in [-0.1, -0.05) is 0 Å². The molecule has 0 aliphatic carbocycles. The topological polar surface area (TPSA) is 50.4 Å². The Morgan fingerprint density at radius 1 is 1.25 bits per heavy atom. The van der Waals surface area contributed by atoms with Crippen molar-refractivity contribution in [3.05, 3.63) is 26.6 Å².